The van der Waals surface area contributed by atoms with Crippen molar-refractivity contribution in [3.63, 3.8) is 0 Å². The van der Waals surface area contributed by atoms with Crippen molar-refractivity contribution in [2.24, 2.45) is 0 Å². The minimum atomic E-state index is 0.922. The van der Waals surface area contributed by atoms with Gasteiger partial charge in [-0.3, -0.25) is 0 Å². The van der Waals surface area contributed by atoms with Gasteiger partial charge in [0.15, 0.2) is 0 Å². The average molecular weight is 649 g/mol. The Hall–Kier alpha value is -6.24. The van der Waals surface area contributed by atoms with E-state index in [1.54, 1.807) is 0 Å². The molecule has 0 aromatic heterocycles. The standard InChI is InChI=1S/C51H36/c1-3-12-34(13-4-1)36-22-26-38(27-23-36)46-32-42-16-7-9-20-44(42)50-48(46)30-40-18-11-19-41(40)31-49-47(33-43-17-8-10-21-45(43)51(49)50)39-28-24-37(25-29-39)35-14-5-2-6-15-35/h1-18,20-29,32-33H,19,30-31H2. The summed E-state index contributed by atoms with van der Waals surface area (Å²) >= 11 is 0. The summed E-state index contributed by atoms with van der Waals surface area (Å²) in [7, 11) is 0. The molecule has 0 nitrogen and oxygen atoms in total. The molecule has 0 amide bonds. The summed E-state index contributed by atoms with van der Waals surface area (Å²) < 4.78 is 0. The summed E-state index contributed by atoms with van der Waals surface area (Å²) in [6.07, 6.45) is 7.66. The molecule has 0 heteroatoms. The molecule has 0 saturated carbocycles. The Kier molecular flexibility index (Phi) is 7.13. The van der Waals surface area contributed by atoms with Gasteiger partial charge in [-0.15, -0.1) is 0 Å². The van der Waals surface area contributed by atoms with Crippen LogP contribution in [0.25, 0.3) is 77.2 Å². The van der Waals surface area contributed by atoms with E-state index in [9.17, 15) is 0 Å². The smallest absolute Gasteiger partial charge is 0.00135 e. The molecule has 8 aromatic carbocycles. The molecule has 8 aromatic rings. The van der Waals surface area contributed by atoms with Crippen molar-refractivity contribution in [2.75, 3.05) is 0 Å². The Morgan fingerprint density at radius 1 is 0.353 bits per heavy atom. The van der Waals surface area contributed by atoms with Crippen LogP contribution in [-0.4, -0.2) is 0 Å². The Morgan fingerprint density at radius 3 is 1.27 bits per heavy atom. The molecular weight excluding hydrogens is 613 g/mol. The van der Waals surface area contributed by atoms with Gasteiger partial charge in [0.2, 0.25) is 0 Å². The third-order valence-electron chi connectivity index (χ3n) is 11.1. The molecule has 0 N–H and O–H groups in total. The van der Waals surface area contributed by atoms with Crippen molar-refractivity contribution in [1.29, 1.82) is 0 Å². The van der Waals surface area contributed by atoms with Crippen LogP contribution in [0.3, 0.4) is 0 Å². The molecule has 240 valence electrons. The van der Waals surface area contributed by atoms with Gasteiger partial charge in [0.25, 0.3) is 0 Å². The van der Waals surface area contributed by atoms with E-state index in [2.05, 4.69) is 182 Å². The highest BCUT2D eigenvalue weighted by molar-refractivity contribution is 6.12. The molecule has 0 fully saturated rings. The van der Waals surface area contributed by atoms with E-state index in [-0.39, 0.29) is 0 Å². The highest BCUT2D eigenvalue weighted by Crippen LogP contribution is 2.49. The molecule has 0 saturated heterocycles. The molecule has 0 unspecified atom stereocenters. The van der Waals surface area contributed by atoms with Gasteiger partial charge in [0.1, 0.15) is 0 Å². The van der Waals surface area contributed by atoms with Crippen molar-refractivity contribution in [3.8, 4) is 55.6 Å². The fraction of sp³-hybridized carbons (Fsp3) is 0.0588. The topological polar surface area (TPSA) is 0 Å². The Balaban J connectivity index is 1.26. The fourth-order valence-corrected chi connectivity index (χ4v) is 8.55. The van der Waals surface area contributed by atoms with E-state index in [0.717, 1.165) is 19.3 Å². The van der Waals surface area contributed by atoms with Crippen molar-refractivity contribution >= 4 is 21.5 Å². The molecule has 2 aliphatic rings. The summed E-state index contributed by atoms with van der Waals surface area (Å²) in [5, 5.41) is 5.22. The Labute approximate surface area is 299 Å². The van der Waals surface area contributed by atoms with Gasteiger partial charge in [-0.1, -0.05) is 175 Å². The van der Waals surface area contributed by atoms with Crippen LogP contribution in [0.1, 0.15) is 17.5 Å². The summed E-state index contributed by atoms with van der Waals surface area (Å²) in [5.74, 6) is 0. The maximum atomic E-state index is 2.45. The molecule has 0 heterocycles. The summed E-state index contributed by atoms with van der Waals surface area (Å²) in [6, 6.07) is 62.8. The largest absolute Gasteiger partial charge is 0.0802 e. The first kappa shape index (κ1) is 29.7. The zero-order chi connectivity index (χ0) is 33.7. The number of hydrogen-bond donors (Lipinski definition) is 0. The maximum absolute atomic E-state index is 2.45. The fourth-order valence-electron chi connectivity index (χ4n) is 8.55. The second-order valence-electron chi connectivity index (χ2n) is 14.0. The van der Waals surface area contributed by atoms with Gasteiger partial charge >= 0.3 is 0 Å². The highest BCUT2D eigenvalue weighted by Gasteiger charge is 2.27. The van der Waals surface area contributed by atoms with Crippen LogP contribution in [0, 0.1) is 0 Å². The van der Waals surface area contributed by atoms with E-state index in [0.29, 0.717) is 0 Å². The Bertz CT molecular complexity index is 2650. The molecular formula is C51H36. The van der Waals surface area contributed by atoms with E-state index in [1.165, 1.54) is 99.5 Å². The van der Waals surface area contributed by atoms with E-state index in [1.807, 2.05) is 0 Å². The predicted octanol–water partition coefficient (Wildman–Crippen LogP) is 13.7. The van der Waals surface area contributed by atoms with Crippen LogP contribution in [-0.2, 0) is 12.8 Å². The number of fused-ring (bicyclic) bond motifs is 7. The van der Waals surface area contributed by atoms with Gasteiger partial charge in [-0.25, -0.2) is 0 Å². The van der Waals surface area contributed by atoms with Gasteiger partial charge in [-0.05, 0) is 125 Å². The second-order valence-corrected chi connectivity index (χ2v) is 14.0. The van der Waals surface area contributed by atoms with Crippen LogP contribution in [0.5, 0.6) is 0 Å². The lowest BCUT2D eigenvalue weighted by Gasteiger charge is -2.27. The first-order chi connectivity index (χ1) is 25.3. The van der Waals surface area contributed by atoms with Crippen LogP contribution in [0.2, 0.25) is 0 Å². The van der Waals surface area contributed by atoms with E-state index < -0.39 is 0 Å². The lowest BCUT2D eigenvalue weighted by molar-refractivity contribution is 1.03. The monoisotopic (exact) mass is 648 g/mol. The summed E-state index contributed by atoms with van der Waals surface area (Å²) in [5.41, 5.74) is 18.8. The molecule has 0 aliphatic heterocycles. The molecule has 0 spiro atoms. The molecule has 0 radical (unpaired) electrons. The maximum Gasteiger partial charge on any atom is -0.00135 e. The number of benzene rings is 8. The average Bonchev–Trinajstić information content (AvgIpc) is 3.63. The summed E-state index contributed by atoms with van der Waals surface area (Å²) in [4.78, 5) is 0. The normalized spacial score (nSPS) is 13.5. The number of rotatable bonds is 4. The van der Waals surface area contributed by atoms with Crippen LogP contribution in [0.4, 0.5) is 0 Å². The molecule has 0 atom stereocenters. The third-order valence-corrected chi connectivity index (χ3v) is 11.1. The second kappa shape index (κ2) is 12.3. The van der Waals surface area contributed by atoms with Gasteiger partial charge in [0, 0.05) is 0 Å². The Morgan fingerprint density at radius 2 is 0.765 bits per heavy atom. The number of allylic oxidation sites excluding steroid dienone is 4. The van der Waals surface area contributed by atoms with Crippen molar-refractivity contribution in [3.05, 3.63) is 204 Å². The molecule has 0 bridgehead atoms. The van der Waals surface area contributed by atoms with Gasteiger partial charge in [0.05, 0.1) is 0 Å². The molecule has 51 heavy (non-hydrogen) atoms. The van der Waals surface area contributed by atoms with E-state index >= 15 is 0 Å². The minimum Gasteiger partial charge on any atom is -0.0802 e. The molecule has 2 aliphatic carbocycles. The van der Waals surface area contributed by atoms with Crippen molar-refractivity contribution < 1.29 is 0 Å². The lowest BCUT2D eigenvalue weighted by Crippen LogP contribution is -2.07. The van der Waals surface area contributed by atoms with Crippen molar-refractivity contribution in [1.82, 2.24) is 0 Å². The molecule has 10 rings (SSSR count). The summed E-state index contributed by atoms with van der Waals surface area (Å²) in [6.45, 7) is 0. The number of hydrogen-bond acceptors (Lipinski definition) is 0. The first-order valence-electron chi connectivity index (χ1n) is 18.1. The lowest BCUT2D eigenvalue weighted by atomic mass is 9.76. The van der Waals surface area contributed by atoms with Crippen LogP contribution >= 0.6 is 0 Å². The zero-order valence-electron chi connectivity index (χ0n) is 28.4. The van der Waals surface area contributed by atoms with Crippen LogP contribution in [0.15, 0.2) is 193 Å². The quantitative estimate of drug-likeness (QED) is 0.178. The minimum absolute atomic E-state index is 0.922. The zero-order valence-corrected chi connectivity index (χ0v) is 28.4. The SMILES string of the molecule is C1=CC2=C(C1)Cc1c(-c3ccc(-c4ccccc4)cc3)cc3ccccc3c1-c1c(c(-c3ccc(-c4ccccc4)cc3)cc3ccccc13)C2. The first-order valence-corrected chi connectivity index (χ1v) is 18.1. The predicted molar refractivity (Wildman–Crippen MR) is 217 cm³/mol. The van der Waals surface area contributed by atoms with E-state index in [4.69, 9.17) is 0 Å². The highest BCUT2D eigenvalue weighted by atomic mass is 14.3. The van der Waals surface area contributed by atoms with Crippen molar-refractivity contribution in [2.45, 2.75) is 19.3 Å². The third kappa shape index (κ3) is 5.15. The van der Waals surface area contributed by atoms with Crippen LogP contribution < -0.4 is 0 Å². The van der Waals surface area contributed by atoms with Gasteiger partial charge in [-0.2, -0.15) is 0 Å². The van der Waals surface area contributed by atoms with Gasteiger partial charge < -0.3 is 0 Å².